The Morgan fingerprint density at radius 1 is 0.838 bits per heavy atom. The Balaban J connectivity index is 0.000000206. The van der Waals surface area contributed by atoms with Gasteiger partial charge in [0.1, 0.15) is 0 Å². The summed E-state index contributed by atoms with van der Waals surface area (Å²) in [6, 6.07) is 23.3. The summed E-state index contributed by atoms with van der Waals surface area (Å²) in [6.45, 7) is 7.83. The van der Waals surface area contributed by atoms with E-state index in [1.807, 2.05) is 49.5 Å². The van der Waals surface area contributed by atoms with Gasteiger partial charge in [-0.3, -0.25) is 4.79 Å². The number of amides is 1. The molecular formula is C33H47N3O. The molecule has 0 saturated heterocycles. The van der Waals surface area contributed by atoms with E-state index in [-0.39, 0.29) is 5.91 Å². The second-order valence-electron chi connectivity index (χ2n) is 10.2. The highest BCUT2D eigenvalue weighted by Gasteiger charge is 2.17. The van der Waals surface area contributed by atoms with Crippen LogP contribution in [0, 0.1) is 0 Å². The van der Waals surface area contributed by atoms with E-state index in [1.54, 1.807) is 0 Å². The molecule has 200 valence electrons. The van der Waals surface area contributed by atoms with Gasteiger partial charge in [0.25, 0.3) is 5.91 Å². The maximum absolute atomic E-state index is 12.4. The monoisotopic (exact) mass is 501 g/mol. The molecule has 1 fully saturated rings. The first-order valence-electron chi connectivity index (χ1n) is 14.4. The van der Waals surface area contributed by atoms with Crippen molar-refractivity contribution in [1.29, 1.82) is 0 Å². The first-order valence-corrected chi connectivity index (χ1v) is 14.4. The molecule has 4 rings (SSSR count). The minimum Gasteiger partial charge on any atom is -0.372 e. The van der Waals surface area contributed by atoms with Crippen molar-refractivity contribution in [1.82, 2.24) is 10.6 Å². The van der Waals surface area contributed by atoms with Crippen molar-refractivity contribution in [2.24, 2.45) is 0 Å². The first-order chi connectivity index (χ1) is 18.2. The molecule has 0 bridgehead atoms. The minimum atomic E-state index is 0.0729. The fourth-order valence-corrected chi connectivity index (χ4v) is 5.03. The molecule has 3 aromatic carbocycles. The van der Waals surface area contributed by atoms with Crippen molar-refractivity contribution < 1.29 is 4.79 Å². The predicted molar refractivity (Wildman–Crippen MR) is 160 cm³/mol. The van der Waals surface area contributed by atoms with Crippen molar-refractivity contribution in [2.75, 3.05) is 25.0 Å². The molecule has 4 nitrogen and oxygen atoms in total. The molecule has 0 aromatic heterocycles. The fourth-order valence-electron chi connectivity index (χ4n) is 5.03. The van der Waals surface area contributed by atoms with Gasteiger partial charge in [-0.05, 0) is 67.3 Å². The van der Waals surface area contributed by atoms with Crippen LogP contribution in [0.25, 0.3) is 10.8 Å². The largest absolute Gasteiger partial charge is 0.372 e. The van der Waals surface area contributed by atoms with E-state index < -0.39 is 0 Å². The Morgan fingerprint density at radius 3 is 2.14 bits per heavy atom. The highest BCUT2D eigenvalue weighted by atomic mass is 16.1. The van der Waals surface area contributed by atoms with Crippen LogP contribution in [0.4, 0.5) is 5.69 Å². The summed E-state index contributed by atoms with van der Waals surface area (Å²) in [4.78, 5) is 14.9. The maximum atomic E-state index is 12.4. The minimum absolute atomic E-state index is 0.0729. The van der Waals surface area contributed by atoms with Crippen LogP contribution in [0.1, 0.15) is 87.6 Å². The second kappa shape index (κ2) is 16.1. The number of benzene rings is 3. The summed E-state index contributed by atoms with van der Waals surface area (Å²) in [6.07, 6.45) is 11.1. The van der Waals surface area contributed by atoms with Crippen LogP contribution in [0.2, 0.25) is 0 Å². The molecule has 0 unspecified atom stereocenters. The standard InChI is InChI=1S/C17H19NO.C16H28N2/c19-17(18-14-9-2-1-3-10-14)16-12-6-8-13-7-4-5-11-15(13)16;1-4-6-12-18(13-7-5-2)16-10-8-15(9-11-16)14-17-3/h4-8,11-12,14H,1-3,9-10H2,(H,18,19);8-11,17H,4-7,12-14H2,1-3H3. The second-order valence-corrected chi connectivity index (χ2v) is 10.2. The van der Waals surface area contributed by atoms with Gasteiger partial charge >= 0.3 is 0 Å². The molecule has 1 aliphatic rings. The Labute approximate surface area is 224 Å². The van der Waals surface area contributed by atoms with Gasteiger partial charge < -0.3 is 15.5 Å². The van der Waals surface area contributed by atoms with Crippen LogP contribution < -0.4 is 15.5 Å². The van der Waals surface area contributed by atoms with Gasteiger partial charge in [-0.25, -0.2) is 0 Å². The topological polar surface area (TPSA) is 44.4 Å². The third kappa shape index (κ3) is 9.19. The van der Waals surface area contributed by atoms with E-state index >= 15 is 0 Å². The number of fused-ring (bicyclic) bond motifs is 1. The molecule has 37 heavy (non-hydrogen) atoms. The number of rotatable bonds is 11. The van der Waals surface area contributed by atoms with Crippen LogP contribution in [0.3, 0.4) is 0 Å². The lowest BCUT2D eigenvalue weighted by molar-refractivity contribution is 0.0929. The van der Waals surface area contributed by atoms with Gasteiger partial charge in [-0.2, -0.15) is 0 Å². The van der Waals surface area contributed by atoms with E-state index in [0.29, 0.717) is 6.04 Å². The molecule has 0 atom stereocenters. The van der Waals surface area contributed by atoms with E-state index in [0.717, 1.165) is 35.7 Å². The third-order valence-electron chi connectivity index (χ3n) is 7.22. The SMILES string of the molecule is CCCCN(CCCC)c1ccc(CNC)cc1.O=C(NC1CCCCC1)c1cccc2ccccc12. The normalized spacial score (nSPS) is 13.6. The van der Waals surface area contributed by atoms with Crippen LogP contribution in [0.15, 0.2) is 66.7 Å². The molecule has 0 radical (unpaired) electrons. The average molecular weight is 502 g/mol. The number of carbonyl (C=O) groups excluding carboxylic acids is 1. The van der Waals surface area contributed by atoms with Gasteiger partial charge in [0.05, 0.1) is 0 Å². The highest BCUT2D eigenvalue weighted by Crippen LogP contribution is 2.21. The summed E-state index contributed by atoms with van der Waals surface area (Å²) in [5.41, 5.74) is 3.52. The molecule has 0 aliphatic heterocycles. The first kappa shape index (κ1) is 28.7. The molecule has 4 heteroatoms. The van der Waals surface area contributed by atoms with Crippen LogP contribution in [-0.2, 0) is 6.54 Å². The maximum Gasteiger partial charge on any atom is 0.252 e. The van der Waals surface area contributed by atoms with Gasteiger partial charge in [0.2, 0.25) is 0 Å². The average Bonchev–Trinajstić information content (AvgIpc) is 2.94. The van der Waals surface area contributed by atoms with Crippen molar-refractivity contribution in [3.8, 4) is 0 Å². The Morgan fingerprint density at radius 2 is 1.49 bits per heavy atom. The molecule has 1 aliphatic carbocycles. The fraction of sp³-hybridized carbons (Fsp3) is 0.485. The number of anilines is 1. The molecular weight excluding hydrogens is 454 g/mol. The molecule has 2 N–H and O–H groups in total. The summed E-state index contributed by atoms with van der Waals surface area (Å²) >= 11 is 0. The van der Waals surface area contributed by atoms with Crippen molar-refractivity contribution >= 4 is 22.4 Å². The van der Waals surface area contributed by atoms with Crippen LogP contribution >= 0.6 is 0 Å². The lowest BCUT2D eigenvalue weighted by Crippen LogP contribution is -2.36. The van der Waals surface area contributed by atoms with Crippen molar-refractivity contribution in [3.63, 3.8) is 0 Å². The zero-order chi connectivity index (χ0) is 26.3. The Kier molecular flexibility index (Phi) is 12.5. The number of hydrogen-bond acceptors (Lipinski definition) is 3. The number of nitrogens with zero attached hydrogens (tertiary/aromatic N) is 1. The van der Waals surface area contributed by atoms with Crippen LogP contribution in [-0.4, -0.2) is 32.1 Å². The molecule has 3 aromatic rings. The van der Waals surface area contributed by atoms with Gasteiger partial charge in [-0.1, -0.05) is 94.5 Å². The highest BCUT2D eigenvalue weighted by molar-refractivity contribution is 6.07. The van der Waals surface area contributed by atoms with Gasteiger partial charge in [-0.15, -0.1) is 0 Å². The smallest absolute Gasteiger partial charge is 0.252 e. The van der Waals surface area contributed by atoms with Gasteiger partial charge in [0, 0.05) is 36.9 Å². The number of hydrogen-bond donors (Lipinski definition) is 2. The third-order valence-corrected chi connectivity index (χ3v) is 7.22. The summed E-state index contributed by atoms with van der Waals surface area (Å²) in [7, 11) is 1.99. The number of unbranched alkanes of at least 4 members (excludes halogenated alkanes) is 2. The lowest BCUT2D eigenvalue weighted by Gasteiger charge is -2.25. The summed E-state index contributed by atoms with van der Waals surface area (Å²) < 4.78 is 0. The quantitative estimate of drug-likeness (QED) is 0.283. The molecule has 0 heterocycles. The molecule has 1 amide bonds. The lowest BCUT2D eigenvalue weighted by atomic mass is 9.95. The van der Waals surface area contributed by atoms with Gasteiger partial charge in [0.15, 0.2) is 0 Å². The Hall–Kier alpha value is -2.85. The zero-order valence-electron chi connectivity index (χ0n) is 23.3. The predicted octanol–water partition coefficient (Wildman–Crippen LogP) is 7.71. The van der Waals surface area contributed by atoms with E-state index in [4.69, 9.17) is 0 Å². The van der Waals surface area contributed by atoms with E-state index in [1.165, 1.54) is 69.3 Å². The van der Waals surface area contributed by atoms with Crippen LogP contribution in [0.5, 0.6) is 0 Å². The summed E-state index contributed by atoms with van der Waals surface area (Å²) in [5.74, 6) is 0.0729. The summed E-state index contributed by atoms with van der Waals surface area (Å²) in [5, 5.41) is 8.54. The van der Waals surface area contributed by atoms with Crippen molar-refractivity contribution in [2.45, 2.75) is 84.2 Å². The molecule has 1 saturated carbocycles. The van der Waals surface area contributed by atoms with Crippen molar-refractivity contribution in [3.05, 3.63) is 77.9 Å². The van der Waals surface area contributed by atoms with E-state index in [2.05, 4.69) is 53.6 Å². The zero-order valence-corrected chi connectivity index (χ0v) is 23.3. The molecule has 0 spiro atoms. The van der Waals surface area contributed by atoms with E-state index in [9.17, 15) is 4.79 Å². The Bertz CT molecular complexity index is 1040. The number of nitrogens with one attached hydrogen (secondary N) is 2. The number of carbonyl (C=O) groups is 1.